The number of hydrogen-bond acceptors (Lipinski definition) is 4. The first-order valence-electron chi connectivity index (χ1n) is 12.2. The number of amides is 2. The van der Waals surface area contributed by atoms with E-state index in [1.165, 1.54) is 0 Å². The molecule has 0 radical (unpaired) electrons. The molecule has 0 aromatic carbocycles. The van der Waals surface area contributed by atoms with E-state index < -0.39 is 24.0 Å². The zero-order valence-corrected chi connectivity index (χ0v) is 18.6. The average Bonchev–Trinajstić information content (AvgIpc) is 3.36. The summed E-state index contributed by atoms with van der Waals surface area (Å²) in [4.78, 5) is 52.7. The molecule has 0 aromatic rings. The van der Waals surface area contributed by atoms with Crippen molar-refractivity contribution in [2.24, 2.45) is 22.7 Å². The molecular weight excluding hydrogens is 412 g/mol. The predicted molar refractivity (Wildman–Crippen MR) is 114 cm³/mol. The van der Waals surface area contributed by atoms with Crippen LogP contribution in [0.25, 0.3) is 0 Å². The van der Waals surface area contributed by atoms with Gasteiger partial charge in [0.2, 0.25) is 11.8 Å². The lowest BCUT2D eigenvalue weighted by molar-refractivity contribution is -0.161. The third kappa shape index (κ3) is 3.69. The summed E-state index contributed by atoms with van der Waals surface area (Å²) in [7, 11) is 0. The van der Waals surface area contributed by atoms with Gasteiger partial charge in [0.1, 0.15) is 12.1 Å². The van der Waals surface area contributed by atoms with Gasteiger partial charge in [0, 0.05) is 25.9 Å². The fraction of sp³-hybridized carbons (Fsp3) is 0.833. The normalized spacial score (nSPS) is 40.1. The first kappa shape index (κ1) is 21.7. The minimum Gasteiger partial charge on any atom is -0.480 e. The summed E-state index contributed by atoms with van der Waals surface area (Å²) < 4.78 is 0. The lowest BCUT2D eigenvalue weighted by Crippen LogP contribution is -2.55. The van der Waals surface area contributed by atoms with Crippen LogP contribution in [0.1, 0.15) is 77.0 Å². The number of rotatable bonds is 6. The van der Waals surface area contributed by atoms with E-state index in [0.29, 0.717) is 50.6 Å². The maximum absolute atomic E-state index is 13.2. The Kier molecular flexibility index (Phi) is 5.25. The number of carboxylic acids is 2. The number of likely N-dealkylation sites (tertiary alicyclic amines) is 2. The van der Waals surface area contributed by atoms with Crippen molar-refractivity contribution in [3.8, 4) is 0 Å². The summed E-state index contributed by atoms with van der Waals surface area (Å²) >= 11 is 0. The largest absolute Gasteiger partial charge is 0.480 e. The molecule has 6 aliphatic rings. The summed E-state index contributed by atoms with van der Waals surface area (Å²) in [5, 5.41) is 19.0. The molecule has 2 heterocycles. The van der Waals surface area contributed by atoms with Crippen LogP contribution in [0, 0.1) is 22.7 Å². The van der Waals surface area contributed by atoms with E-state index in [1.807, 2.05) is 0 Å². The second-order valence-corrected chi connectivity index (χ2v) is 11.5. The molecule has 0 unspecified atom stereocenters. The van der Waals surface area contributed by atoms with Gasteiger partial charge in [-0.1, -0.05) is 0 Å². The maximum Gasteiger partial charge on any atom is 0.326 e. The van der Waals surface area contributed by atoms with Gasteiger partial charge < -0.3 is 20.0 Å². The molecule has 6 fully saturated rings. The van der Waals surface area contributed by atoms with Gasteiger partial charge in [-0.2, -0.15) is 0 Å². The van der Waals surface area contributed by atoms with Gasteiger partial charge in [-0.15, -0.1) is 0 Å². The third-order valence-electron chi connectivity index (χ3n) is 9.07. The standard InChI is InChI=1S/C24H34N2O6/c27-19(25-5-1-3-17(25)21(29)30)12-23-8-15-7-16(9-23)11-24(10-15,14-23)13-20(28)26-6-2-4-18(26)22(31)32/h15-18H,1-14H2,(H,29,30)(H,31,32)/t15?,16?,17-,18-,23?,24?/m1/s1. The van der Waals surface area contributed by atoms with Gasteiger partial charge >= 0.3 is 11.9 Å². The maximum atomic E-state index is 13.2. The Morgan fingerprint density at radius 2 is 1.12 bits per heavy atom. The van der Waals surface area contributed by atoms with Crippen molar-refractivity contribution in [3.05, 3.63) is 0 Å². The van der Waals surface area contributed by atoms with E-state index >= 15 is 0 Å². The number of aliphatic carboxylic acids is 2. The van der Waals surface area contributed by atoms with E-state index in [0.717, 1.165) is 51.4 Å². The van der Waals surface area contributed by atoms with Crippen molar-refractivity contribution in [2.45, 2.75) is 89.1 Å². The quantitative estimate of drug-likeness (QED) is 0.648. The summed E-state index contributed by atoms with van der Waals surface area (Å²) in [6, 6.07) is -1.40. The van der Waals surface area contributed by atoms with E-state index in [-0.39, 0.29) is 22.6 Å². The van der Waals surface area contributed by atoms with Crippen LogP contribution in [0.15, 0.2) is 0 Å². The Morgan fingerprint density at radius 3 is 1.50 bits per heavy atom. The number of nitrogens with zero attached hydrogens (tertiary/aromatic N) is 2. The molecule has 0 aromatic heterocycles. The molecular formula is C24H34N2O6. The highest BCUT2D eigenvalue weighted by atomic mass is 16.4. The minimum atomic E-state index is -0.915. The first-order valence-corrected chi connectivity index (χ1v) is 12.2. The molecule has 2 amide bonds. The smallest absolute Gasteiger partial charge is 0.326 e. The zero-order chi connectivity index (χ0) is 22.7. The topological polar surface area (TPSA) is 115 Å². The monoisotopic (exact) mass is 446 g/mol. The zero-order valence-electron chi connectivity index (χ0n) is 18.6. The molecule has 4 bridgehead atoms. The summed E-state index contributed by atoms with van der Waals surface area (Å²) in [5.41, 5.74) is -0.269. The van der Waals surface area contributed by atoms with E-state index in [9.17, 15) is 29.4 Å². The Balaban J connectivity index is 1.32. The van der Waals surface area contributed by atoms with Crippen molar-refractivity contribution < 1.29 is 29.4 Å². The molecule has 8 heteroatoms. The van der Waals surface area contributed by atoms with E-state index in [1.54, 1.807) is 9.80 Å². The molecule has 2 atom stereocenters. The highest BCUT2D eigenvalue weighted by Gasteiger charge is 2.59. The first-order chi connectivity index (χ1) is 15.2. The fourth-order valence-electron chi connectivity index (χ4n) is 8.55. The molecule has 2 N–H and O–H groups in total. The molecule has 0 spiro atoms. The Hall–Kier alpha value is -2.12. The molecule has 4 aliphatic carbocycles. The van der Waals surface area contributed by atoms with Crippen LogP contribution < -0.4 is 0 Å². The molecule has 2 aliphatic heterocycles. The lowest BCUT2D eigenvalue weighted by Gasteiger charge is -2.62. The van der Waals surface area contributed by atoms with Gasteiger partial charge in [0.25, 0.3) is 0 Å². The highest BCUT2D eigenvalue weighted by Crippen LogP contribution is 2.67. The lowest BCUT2D eigenvalue weighted by atomic mass is 9.43. The van der Waals surface area contributed by atoms with Crippen LogP contribution in [0.3, 0.4) is 0 Å². The molecule has 32 heavy (non-hydrogen) atoms. The molecule has 4 saturated carbocycles. The van der Waals surface area contributed by atoms with Crippen LogP contribution in [-0.4, -0.2) is 68.9 Å². The Morgan fingerprint density at radius 1 is 0.719 bits per heavy atom. The Bertz CT molecular complexity index is 762. The highest BCUT2D eigenvalue weighted by molar-refractivity contribution is 5.85. The summed E-state index contributed by atoms with van der Waals surface area (Å²) in [6.07, 6.45) is 9.29. The van der Waals surface area contributed by atoms with Crippen LogP contribution in [0.5, 0.6) is 0 Å². The van der Waals surface area contributed by atoms with Crippen molar-refractivity contribution >= 4 is 23.8 Å². The SMILES string of the molecule is O=C(O)[C@H]1CCCN1C(=O)CC12CC3CC(C1)CC(CC(=O)N1CCC[C@@H]1C(=O)O)(C3)C2. The number of carbonyl (C=O) groups is 4. The second kappa shape index (κ2) is 7.73. The third-order valence-corrected chi connectivity index (χ3v) is 9.07. The minimum absolute atomic E-state index is 0.0381. The molecule has 176 valence electrons. The van der Waals surface area contributed by atoms with Gasteiger partial charge in [-0.05, 0) is 86.9 Å². The van der Waals surface area contributed by atoms with Crippen molar-refractivity contribution in [3.63, 3.8) is 0 Å². The van der Waals surface area contributed by atoms with Crippen LogP contribution >= 0.6 is 0 Å². The fourth-order valence-corrected chi connectivity index (χ4v) is 8.55. The van der Waals surface area contributed by atoms with Gasteiger partial charge in [-0.3, -0.25) is 9.59 Å². The molecule has 8 nitrogen and oxygen atoms in total. The number of hydrogen-bond donors (Lipinski definition) is 2. The number of carboxylic acid groups (broad SMARTS) is 2. The van der Waals surface area contributed by atoms with Crippen molar-refractivity contribution in [1.29, 1.82) is 0 Å². The van der Waals surface area contributed by atoms with Crippen LogP contribution in [-0.2, 0) is 19.2 Å². The van der Waals surface area contributed by atoms with Crippen LogP contribution in [0.4, 0.5) is 0 Å². The molecule has 6 rings (SSSR count). The second-order valence-electron chi connectivity index (χ2n) is 11.5. The number of carbonyl (C=O) groups excluding carboxylic acids is 2. The summed E-state index contributed by atoms with van der Waals surface area (Å²) in [6.45, 7) is 1.04. The van der Waals surface area contributed by atoms with E-state index in [2.05, 4.69) is 0 Å². The van der Waals surface area contributed by atoms with Crippen molar-refractivity contribution in [1.82, 2.24) is 9.80 Å². The van der Waals surface area contributed by atoms with E-state index in [4.69, 9.17) is 0 Å². The van der Waals surface area contributed by atoms with Gasteiger partial charge in [-0.25, -0.2) is 9.59 Å². The Labute approximate surface area is 188 Å². The summed E-state index contributed by atoms with van der Waals surface area (Å²) in [5.74, 6) is -0.879. The molecule has 2 saturated heterocycles. The van der Waals surface area contributed by atoms with Crippen LogP contribution in [0.2, 0.25) is 0 Å². The van der Waals surface area contributed by atoms with Crippen molar-refractivity contribution in [2.75, 3.05) is 13.1 Å². The van der Waals surface area contributed by atoms with Gasteiger partial charge in [0.05, 0.1) is 0 Å². The van der Waals surface area contributed by atoms with Gasteiger partial charge in [0.15, 0.2) is 0 Å². The average molecular weight is 447 g/mol. The predicted octanol–water partition coefficient (Wildman–Crippen LogP) is 2.50.